The first-order chi connectivity index (χ1) is 10.5. The third-order valence-corrected chi connectivity index (χ3v) is 3.47. The Morgan fingerprint density at radius 3 is 2.95 bits per heavy atom. The predicted molar refractivity (Wildman–Crippen MR) is 83.7 cm³/mol. The van der Waals surface area contributed by atoms with E-state index in [1.807, 2.05) is 0 Å². The minimum Gasteiger partial charge on any atom is -0.366 e. The number of pyridine rings is 1. The molecule has 3 N–H and O–H groups in total. The predicted octanol–water partition coefficient (Wildman–Crippen LogP) is 2.27. The normalized spacial score (nSPS) is 16.6. The van der Waals surface area contributed by atoms with Gasteiger partial charge in [-0.2, -0.15) is 0 Å². The first-order valence-electron chi connectivity index (χ1n) is 6.46. The second-order valence-corrected chi connectivity index (χ2v) is 5.12. The highest BCUT2D eigenvalue weighted by Crippen LogP contribution is 2.31. The molecule has 1 aliphatic rings. The molecule has 1 aliphatic heterocycles. The summed E-state index contributed by atoms with van der Waals surface area (Å²) in [6.07, 6.45) is 1.51. The molecule has 22 heavy (non-hydrogen) atoms. The van der Waals surface area contributed by atoms with Gasteiger partial charge in [-0.25, -0.2) is 4.98 Å². The maximum atomic E-state index is 12.0. The molecule has 0 bridgehead atoms. The summed E-state index contributed by atoms with van der Waals surface area (Å²) in [5.41, 5.74) is 6.84. The van der Waals surface area contributed by atoms with Gasteiger partial charge in [-0.15, -0.1) is 0 Å². The largest absolute Gasteiger partial charge is 0.366 e. The monoisotopic (exact) mass is 314 g/mol. The highest BCUT2D eigenvalue weighted by atomic mass is 35.5. The second kappa shape index (κ2) is 5.57. The molecular formula is C15H11ClN4O2. The smallest absolute Gasteiger partial charge is 0.248 e. The fourth-order valence-electron chi connectivity index (χ4n) is 2.18. The van der Waals surface area contributed by atoms with Crippen LogP contribution in [0.25, 0.3) is 0 Å². The molecule has 2 aromatic rings. The Kier molecular flexibility index (Phi) is 3.60. The Morgan fingerprint density at radius 1 is 1.36 bits per heavy atom. The number of amides is 2. The van der Waals surface area contributed by atoms with Gasteiger partial charge in [-0.1, -0.05) is 23.7 Å². The number of aliphatic imine (C=N–C) groups is 1. The Labute approximate surface area is 131 Å². The van der Waals surface area contributed by atoms with Crippen LogP contribution in [0.15, 0.2) is 41.4 Å². The molecule has 0 saturated heterocycles. The van der Waals surface area contributed by atoms with Crippen LogP contribution in [0.2, 0.25) is 5.15 Å². The van der Waals surface area contributed by atoms with Gasteiger partial charge in [0, 0.05) is 17.3 Å². The number of carbonyl (C=O) groups excluding carboxylic acids is 2. The number of anilines is 1. The molecule has 6 nitrogen and oxygen atoms in total. The van der Waals surface area contributed by atoms with Gasteiger partial charge in [0.1, 0.15) is 16.9 Å². The SMILES string of the molecule is NC(=O)c1cccc(N=CC2C(=O)Nc3nc(Cl)ccc32)c1. The number of fused-ring (bicyclic) bond motifs is 1. The molecule has 2 amide bonds. The average Bonchev–Trinajstić information content (AvgIpc) is 2.80. The lowest BCUT2D eigenvalue weighted by molar-refractivity contribution is -0.115. The molecule has 0 saturated carbocycles. The molecule has 110 valence electrons. The number of nitrogens with two attached hydrogens (primary N) is 1. The Morgan fingerprint density at radius 2 is 2.18 bits per heavy atom. The minimum atomic E-state index is -0.544. The molecule has 3 rings (SSSR count). The number of primary amides is 1. The van der Waals surface area contributed by atoms with Crippen molar-refractivity contribution >= 4 is 41.1 Å². The fraction of sp³-hybridized carbons (Fsp3) is 0.0667. The third kappa shape index (κ3) is 2.68. The van der Waals surface area contributed by atoms with E-state index in [0.717, 1.165) is 0 Å². The van der Waals surface area contributed by atoms with Crippen molar-refractivity contribution in [1.29, 1.82) is 0 Å². The number of carbonyl (C=O) groups is 2. The molecule has 1 unspecified atom stereocenters. The van der Waals surface area contributed by atoms with Crippen LogP contribution < -0.4 is 11.1 Å². The topological polar surface area (TPSA) is 97.4 Å². The minimum absolute atomic E-state index is 0.223. The number of hydrogen-bond donors (Lipinski definition) is 2. The van der Waals surface area contributed by atoms with Crippen molar-refractivity contribution in [3.05, 3.63) is 52.7 Å². The van der Waals surface area contributed by atoms with E-state index >= 15 is 0 Å². The number of nitrogens with zero attached hydrogens (tertiary/aromatic N) is 2. The molecule has 0 aliphatic carbocycles. The number of aromatic nitrogens is 1. The molecule has 0 spiro atoms. The van der Waals surface area contributed by atoms with E-state index in [9.17, 15) is 9.59 Å². The van der Waals surface area contributed by atoms with Crippen LogP contribution in [0.5, 0.6) is 0 Å². The maximum Gasteiger partial charge on any atom is 0.248 e. The van der Waals surface area contributed by atoms with Gasteiger partial charge in [-0.05, 0) is 24.3 Å². The van der Waals surface area contributed by atoms with Crippen molar-refractivity contribution < 1.29 is 9.59 Å². The van der Waals surface area contributed by atoms with E-state index in [1.165, 1.54) is 6.21 Å². The van der Waals surface area contributed by atoms with Crippen LogP contribution >= 0.6 is 11.6 Å². The third-order valence-electron chi connectivity index (χ3n) is 3.25. The van der Waals surface area contributed by atoms with Gasteiger partial charge in [0.2, 0.25) is 11.8 Å². The van der Waals surface area contributed by atoms with Gasteiger partial charge in [0.05, 0.1) is 5.69 Å². The van der Waals surface area contributed by atoms with Gasteiger partial charge in [0.25, 0.3) is 0 Å². The fourth-order valence-corrected chi connectivity index (χ4v) is 2.33. The second-order valence-electron chi connectivity index (χ2n) is 4.73. The number of benzene rings is 1. The number of halogens is 1. The standard InChI is InChI=1S/C15H11ClN4O2/c16-12-5-4-10-11(15(22)20-14(10)19-12)7-18-9-3-1-2-8(6-9)13(17)21/h1-7,11H,(H2,17,21)(H,19,20,22). The van der Waals surface area contributed by atoms with Crippen LogP contribution in [-0.2, 0) is 4.79 Å². The summed E-state index contributed by atoms with van der Waals surface area (Å²) in [6, 6.07) is 9.92. The summed E-state index contributed by atoms with van der Waals surface area (Å²) < 4.78 is 0. The molecule has 1 aromatic carbocycles. The van der Waals surface area contributed by atoms with Gasteiger partial charge < -0.3 is 11.1 Å². The molecule has 2 heterocycles. The van der Waals surface area contributed by atoms with Crippen molar-refractivity contribution in [3.8, 4) is 0 Å². The van der Waals surface area contributed by atoms with E-state index in [4.69, 9.17) is 17.3 Å². The summed E-state index contributed by atoms with van der Waals surface area (Å²) >= 11 is 5.80. The van der Waals surface area contributed by atoms with Crippen LogP contribution in [0.3, 0.4) is 0 Å². The first kappa shape index (κ1) is 14.2. The van der Waals surface area contributed by atoms with E-state index in [-0.39, 0.29) is 5.91 Å². The Hall–Kier alpha value is -2.73. The zero-order chi connectivity index (χ0) is 15.7. The lowest BCUT2D eigenvalue weighted by Crippen LogP contribution is -2.13. The van der Waals surface area contributed by atoms with E-state index in [0.29, 0.717) is 27.8 Å². The van der Waals surface area contributed by atoms with Gasteiger partial charge in [0.15, 0.2) is 0 Å². The number of rotatable bonds is 3. The lowest BCUT2D eigenvalue weighted by Gasteiger charge is -2.02. The van der Waals surface area contributed by atoms with Crippen molar-refractivity contribution in [2.75, 3.05) is 5.32 Å². The maximum absolute atomic E-state index is 12.0. The van der Waals surface area contributed by atoms with E-state index < -0.39 is 11.8 Å². The van der Waals surface area contributed by atoms with Gasteiger partial charge in [-0.3, -0.25) is 14.6 Å². The zero-order valence-electron chi connectivity index (χ0n) is 11.3. The lowest BCUT2D eigenvalue weighted by atomic mass is 10.0. The van der Waals surface area contributed by atoms with E-state index in [1.54, 1.807) is 36.4 Å². The summed E-state index contributed by atoms with van der Waals surface area (Å²) in [6.45, 7) is 0. The zero-order valence-corrected chi connectivity index (χ0v) is 12.0. The molecular weight excluding hydrogens is 304 g/mol. The van der Waals surface area contributed by atoms with Crippen molar-refractivity contribution in [2.45, 2.75) is 5.92 Å². The van der Waals surface area contributed by atoms with Crippen LogP contribution in [0.1, 0.15) is 21.8 Å². The highest BCUT2D eigenvalue weighted by Gasteiger charge is 2.30. The van der Waals surface area contributed by atoms with Crippen LogP contribution in [-0.4, -0.2) is 23.0 Å². The molecule has 0 radical (unpaired) electrons. The van der Waals surface area contributed by atoms with Gasteiger partial charge >= 0.3 is 0 Å². The first-order valence-corrected chi connectivity index (χ1v) is 6.84. The molecule has 0 fully saturated rings. The summed E-state index contributed by atoms with van der Waals surface area (Å²) in [4.78, 5) is 31.4. The van der Waals surface area contributed by atoms with Crippen molar-refractivity contribution in [2.24, 2.45) is 10.7 Å². The van der Waals surface area contributed by atoms with Crippen LogP contribution in [0.4, 0.5) is 11.5 Å². The van der Waals surface area contributed by atoms with E-state index in [2.05, 4.69) is 15.3 Å². The molecule has 7 heteroatoms. The van der Waals surface area contributed by atoms with Crippen molar-refractivity contribution in [3.63, 3.8) is 0 Å². The molecule has 1 aromatic heterocycles. The summed E-state index contributed by atoms with van der Waals surface area (Å²) in [7, 11) is 0. The summed E-state index contributed by atoms with van der Waals surface area (Å²) in [5, 5.41) is 2.97. The van der Waals surface area contributed by atoms with Crippen molar-refractivity contribution in [1.82, 2.24) is 4.98 Å². The van der Waals surface area contributed by atoms with Crippen LogP contribution in [0, 0.1) is 0 Å². The summed E-state index contributed by atoms with van der Waals surface area (Å²) in [5.74, 6) is -0.851. The Bertz CT molecular complexity index is 804. The Balaban J connectivity index is 1.89. The highest BCUT2D eigenvalue weighted by molar-refractivity contribution is 6.29. The number of hydrogen-bond acceptors (Lipinski definition) is 4. The quantitative estimate of drug-likeness (QED) is 0.671. The molecule has 1 atom stereocenters. The number of nitrogens with one attached hydrogen (secondary N) is 1. The average molecular weight is 315 g/mol.